The van der Waals surface area contributed by atoms with E-state index in [9.17, 15) is 4.79 Å². The van der Waals surface area contributed by atoms with Crippen LogP contribution in [0.2, 0.25) is 0 Å². The number of hydrogen-bond acceptors (Lipinski definition) is 4. The SMILES string of the molecule is CCN(CC)C(=O)c1cnoc1N. The zero-order chi connectivity index (χ0) is 9.84. The highest BCUT2D eigenvalue weighted by atomic mass is 16.5. The fourth-order valence-electron chi connectivity index (χ4n) is 1.09. The topological polar surface area (TPSA) is 72.4 Å². The Balaban J connectivity index is 2.84. The summed E-state index contributed by atoms with van der Waals surface area (Å²) in [7, 11) is 0. The van der Waals surface area contributed by atoms with E-state index < -0.39 is 0 Å². The fourth-order valence-corrected chi connectivity index (χ4v) is 1.09. The number of rotatable bonds is 3. The lowest BCUT2D eigenvalue weighted by molar-refractivity contribution is 0.0773. The van der Waals surface area contributed by atoms with Crippen LogP contribution in [0.1, 0.15) is 24.2 Å². The van der Waals surface area contributed by atoms with Gasteiger partial charge in [0.2, 0.25) is 5.88 Å². The molecule has 0 saturated carbocycles. The van der Waals surface area contributed by atoms with Crippen LogP contribution >= 0.6 is 0 Å². The van der Waals surface area contributed by atoms with Crippen molar-refractivity contribution in [3.63, 3.8) is 0 Å². The lowest BCUT2D eigenvalue weighted by atomic mass is 10.3. The molecule has 0 aliphatic heterocycles. The second kappa shape index (κ2) is 3.93. The van der Waals surface area contributed by atoms with Crippen molar-refractivity contribution in [2.75, 3.05) is 18.8 Å². The van der Waals surface area contributed by atoms with Gasteiger partial charge in [0, 0.05) is 13.1 Å². The maximum absolute atomic E-state index is 11.6. The van der Waals surface area contributed by atoms with Crippen molar-refractivity contribution in [1.82, 2.24) is 10.1 Å². The predicted octanol–water partition coefficient (Wildman–Crippen LogP) is 0.739. The van der Waals surface area contributed by atoms with Crippen LogP contribution in [0.5, 0.6) is 0 Å². The van der Waals surface area contributed by atoms with Crippen molar-refractivity contribution in [3.05, 3.63) is 11.8 Å². The number of carbonyl (C=O) groups excluding carboxylic acids is 1. The summed E-state index contributed by atoms with van der Waals surface area (Å²) >= 11 is 0. The molecule has 0 atom stereocenters. The molecule has 1 aromatic rings. The molecular weight excluding hydrogens is 170 g/mol. The Bertz CT molecular complexity index is 291. The maximum Gasteiger partial charge on any atom is 0.261 e. The molecule has 0 spiro atoms. The number of nitrogens with two attached hydrogens (primary N) is 1. The summed E-state index contributed by atoms with van der Waals surface area (Å²) in [4.78, 5) is 13.3. The van der Waals surface area contributed by atoms with Crippen LogP contribution in [0, 0.1) is 0 Å². The Morgan fingerprint density at radius 1 is 1.62 bits per heavy atom. The molecule has 1 amide bonds. The summed E-state index contributed by atoms with van der Waals surface area (Å²) in [6, 6.07) is 0. The summed E-state index contributed by atoms with van der Waals surface area (Å²) in [5, 5.41) is 3.45. The van der Waals surface area contributed by atoms with E-state index in [-0.39, 0.29) is 11.8 Å². The highest BCUT2D eigenvalue weighted by Gasteiger charge is 2.18. The second-order valence-corrected chi connectivity index (χ2v) is 2.58. The zero-order valence-electron chi connectivity index (χ0n) is 7.78. The van der Waals surface area contributed by atoms with Gasteiger partial charge in [0.05, 0.1) is 6.20 Å². The molecule has 13 heavy (non-hydrogen) atoms. The lowest BCUT2D eigenvalue weighted by Crippen LogP contribution is -2.30. The summed E-state index contributed by atoms with van der Waals surface area (Å²) in [6.45, 7) is 5.12. The third-order valence-corrected chi connectivity index (χ3v) is 1.88. The van der Waals surface area contributed by atoms with Crippen molar-refractivity contribution >= 4 is 11.8 Å². The first-order valence-corrected chi connectivity index (χ1v) is 4.20. The van der Waals surface area contributed by atoms with E-state index in [1.54, 1.807) is 4.90 Å². The van der Waals surface area contributed by atoms with Gasteiger partial charge in [0.25, 0.3) is 5.91 Å². The van der Waals surface area contributed by atoms with Crippen LogP contribution in [0.4, 0.5) is 5.88 Å². The standard InChI is InChI=1S/C8H13N3O2/c1-3-11(4-2)8(12)6-5-10-13-7(6)9/h5H,3-4,9H2,1-2H3. The van der Waals surface area contributed by atoms with Crippen molar-refractivity contribution < 1.29 is 9.32 Å². The number of aromatic nitrogens is 1. The molecule has 1 aromatic heterocycles. The summed E-state index contributed by atoms with van der Waals surface area (Å²) in [6.07, 6.45) is 1.34. The molecule has 2 N–H and O–H groups in total. The number of nitrogens with zero attached hydrogens (tertiary/aromatic N) is 2. The van der Waals surface area contributed by atoms with E-state index in [0.29, 0.717) is 18.7 Å². The Labute approximate surface area is 76.5 Å². The van der Waals surface area contributed by atoms with E-state index in [1.165, 1.54) is 6.20 Å². The number of hydrogen-bond donors (Lipinski definition) is 1. The Morgan fingerprint density at radius 2 is 2.23 bits per heavy atom. The van der Waals surface area contributed by atoms with Gasteiger partial charge in [-0.15, -0.1) is 0 Å². The molecule has 0 unspecified atom stereocenters. The minimum Gasteiger partial charge on any atom is -0.367 e. The van der Waals surface area contributed by atoms with Crippen LogP contribution in [0.3, 0.4) is 0 Å². The first kappa shape index (κ1) is 9.57. The largest absolute Gasteiger partial charge is 0.367 e. The van der Waals surface area contributed by atoms with Gasteiger partial charge in [-0.05, 0) is 13.8 Å². The molecule has 0 aromatic carbocycles. The van der Waals surface area contributed by atoms with Crippen molar-refractivity contribution in [3.8, 4) is 0 Å². The molecule has 0 radical (unpaired) electrons. The third kappa shape index (κ3) is 1.80. The third-order valence-electron chi connectivity index (χ3n) is 1.88. The average Bonchev–Trinajstić information content (AvgIpc) is 2.53. The lowest BCUT2D eigenvalue weighted by Gasteiger charge is -2.17. The monoisotopic (exact) mass is 183 g/mol. The molecule has 0 saturated heterocycles. The highest BCUT2D eigenvalue weighted by molar-refractivity contribution is 5.97. The normalized spacial score (nSPS) is 10.0. The Hall–Kier alpha value is -1.52. The molecule has 0 aliphatic carbocycles. The second-order valence-electron chi connectivity index (χ2n) is 2.58. The Morgan fingerprint density at radius 3 is 2.62 bits per heavy atom. The molecule has 72 valence electrons. The van der Waals surface area contributed by atoms with Crippen LogP contribution in [0.15, 0.2) is 10.7 Å². The van der Waals surface area contributed by atoms with Crippen LogP contribution < -0.4 is 5.73 Å². The molecule has 0 fully saturated rings. The quantitative estimate of drug-likeness (QED) is 0.750. The first-order chi connectivity index (χ1) is 6.20. The smallest absolute Gasteiger partial charge is 0.261 e. The van der Waals surface area contributed by atoms with Gasteiger partial charge in [0.1, 0.15) is 5.56 Å². The van der Waals surface area contributed by atoms with Gasteiger partial charge < -0.3 is 15.2 Å². The molecule has 5 nitrogen and oxygen atoms in total. The van der Waals surface area contributed by atoms with Gasteiger partial charge >= 0.3 is 0 Å². The van der Waals surface area contributed by atoms with Gasteiger partial charge in [-0.2, -0.15) is 0 Å². The van der Waals surface area contributed by atoms with Crippen molar-refractivity contribution in [1.29, 1.82) is 0 Å². The molecule has 5 heteroatoms. The van der Waals surface area contributed by atoms with E-state index >= 15 is 0 Å². The molecule has 1 rings (SSSR count). The van der Waals surface area contributed by atoms with Gasteiger partial charge in [-0.3, -0.25) is 4.79 Å². The molecular formula is C8H13N3O2. The Kier molecular flexibility index (Phi) is 2.89. The first-order valence-electron chi connectivity index (χ1n) is 4.20. The summed E-state index contributed by atoms with van der Waals surface area (Å²) in [5.74, 6) is -0.0550. The van der Waals surface area contributed by atoms with Gasteiger partial charge in [0.15, 0.2) is 0 Å². The molecule has 0 bridgehead atoms. The number of nitrogen functional groups attached to an aromatic ring is 1. The van der Waals surface area contributed by atoms with Crippen LogP contribution in [-0.2, 0) is 0 Å². The maximum atomic E-state index is 11.6. The minimum atomic E-state index is -0.135. The van der Waals surface area contributed by atoms with E-state index in [1.807, 2.05) is 13.8 Å². The number of anilines is 1. The highest BCUT2D eigenvalue weighted by Crippen LogP contribution is 2.12. The summed E-state index contributed by atoms with van der Waals surface area (Å²) in [5.41, 5.74) is 5.75. The van der Waals surface area contributed by atoms with Gasteiger partial charge in [-0.25, -0.2) is 0 Å². The fraction of sp³-hybridized carbons (Fsp3) is 0.500. The van der Waals surface area contributed by atoms with Gasteiger partial charge in [-0.1, -0.05) is 5.16 Å². The molecule has 1 heterocycles. The van der Waals surface area contributed by atoms with Crippen molar-refractivity contribution in [2.45, 2.75) is 13.8 Å². The minimum absolute atomic E-state index is 0.0805. The summed E-state index contributed by atoms with van der Waals surface area (Å²) < 4.78 is 4.61. The predicted molar refractivity (Wildman–Crippen MR) is 48.2 cm³/mol. The van der Waals surface area contributed by atoms with E-state index in [2.05, 4.69) is 9.68 Å². The number of carbonyl (C=O) groups is 1. The van der Waals surface area contributed by atoms with E-state index in [0.717, 1.165) is 0 Å². The zero-order valence-corrected chi connectivity index (χ0v) is 7.78. The molecule has 0 aliphatic rings. The van der Waals surface area contributed by atoms with Crippen molar-refractivity contribution in [2.24, 2.45) is 0 Å². The van der Waals surface area contributed by atoms with Crippen LogP contribution in [0.25, 0.3) is 0 Å². The van der Waals surface area contributed by atoms with Crippen LogP contribution in [-0.4, -0.2) is 29.1 Å². The number of amides is 1. The average molecular weight is 183 g/mol. The van der Waals surface area contributed by atoms with E-state index in [4.69, 9.17) is 5.73 Å².